The number of H-pyrrole nitrogens is 1. The van der Waals surface area contributed by atoms with Gasteiger partial charge in [0.15, 0.2) is 5.82 Å². The third-order valence-corrected chi connectivity index (χ3v) is 3.06. The van der Waals surface area contributed by atoms with Crippen LogP contribution in [0, 0.1) is 6.92 Å². The average molecular weight is 228 g/mol. The topological polar surface area (TPSA) is 49.0 Å². The molecule has 2 heterocycles. The first-order valence-corrected chi connectivity index (χ1v) is 5.55. The van der Waals surface area contributed by atoms with Gasteiger partial charge in [-0.25, -0.2) is 0 Å². The Labute approximate surface area is 93.6 Å². The molecule has 1 saturated heterocycles. The molecular weight excluding hydrogens is 214 g/mol. The summed E-state index contributed by atoms with van der Waals surface area (Å²) in [4.78, 5) is 13.3. The van der Waals surface area contributed by atoms with Gasteiger partial charge in [-0.2, -0.15) is 5.10 Å². The molecule has 1 aliphatic rings. The molecule has 1 amide bonds. The van der Waals surface area contributed by atoms with Gasteiger partial charge in [-0.05, 0) is 13.3 Å². The smallest absolute Gasteiger partial charge is 0.229 e. The summed E-state index contributed by atoms with van der Waals surface area (Å²) in [6.45, 7) is 4.60. The number of halogens is 1. The zero-order chi connectivity index (χ0) is 11.0. The Bertz CT molecular complexity index is 388. The number of aromatic amines is 1. The second kappa shape index (κ2) is 3.85. The van der Waals surface area contributed by atoms with E-state index in [4.69, 9.17) is 11.6 Å². The second-order valence-electron chi connectivity index (χ2n) is 3.81. The molecule has 0 spiro atoms. The molecule has 82 valence electrons. The van der Waals surface area contributed by atoms with Gasteiger partial charge in [-0.1, -0.05) is 6.92 Å². The number of carbonyl (C=O) groups is 1. The lowest BCUT2D eigenvalue weighted by Gasteiger charge is -2.13. The highest BCUT2D eigenvalue weighted by Crippen LogP contribution is 2.26. The highest BCUT2D eigenvalue weighted by molar-refractivity contribution is 6.24. The minimum Gasteiger partial charge on any atom is -0.294 e. The van der Waals surface area contributed by atoms with Crippen molar-refractivity contribution in [3.8, 4) is 0 Å². The molecule has 1 aromatic heterocycles. The fraction of sp³-hybridized carbons (Fsp3) is 0.600. The first-order chi connectivity index (χ1) is 7.13. The molecule has 5 heteroatoms. The molecule has 1 atom stereocenters. The third kappa shape index (κ3) is 1.74. The van der Waals surface area contributed by atoms with E-state index in [2.05, 4.69) is 17.1 Å². The van der Waals surface area contributed by atoms with Crippen LogP contribution in [0.5, 0.6) is 0 Å². The summed E-state index contributed by atoms with van der Waals surface area (Å²) in [5.41, 5.74) is 2.13. The number of aryl methyl sites for hydroxylation is 1. The summed E-state index contributed by atoms with van der Waals surface area (Å²) in [6, 6.07) is 0. The summed E-state index contributed by atoms with van der Waals surface area (Å²) >= 11 is 5.94. The van der Waals surface area contributed by atoms with Crippen LogP contribution in [0.2, 0.25) is 0 Å². The first kappa shape index (κ1) is 10.5. The van der Waals surface area contributed by atoms with Crippen LogP contribution in [0.4, 0.5) is 5.82 Å². The van der Waals surface area contributed by atoms with Crippen molar-refractivity contribution in [3.63, 3.8) is 0 Å². The Morgan fingerprint density at radius 2 is 2.40 bits per heavy atom. The van der Waals surface area contributed by atoms with Gasteiger partial charge in [0.25, 0.3) is 0 Å². The molecule has 0 aliphatic carbocycles. The van der Waals surface area contributed by atoms with Crippen molar-refractivity contribution in [1.29, 1.82) is 0 Å². The maximum atomic E-state index is 11.6. The predicted octanol–water partition coefficient (Wildman–Crippen LogP) is 1.62. The number of amides is 1. The Kier molecular flexibility index (Phi) is 2.69. The molecule has 0 aromatic carbocycles. The van der Waals surface area contributed by atoms with Crippen molar-refractivity contribution < 1.29 is 4.79 Å². The van der Waals surface area contributed by atoms with Crippen molar-refractivity contribution in [3.05, 3.63) is 11.3 Å². The number of carbonyl (C=O) groups excluding carboxylic acids is 1. The predicted molar refractivity (Wildman–Crippen MR) is 59.3 cm³/mol. The molecular formula is C10H14ClN3O. The van der Waals surface area contributed by atoms with Crippen LogP contribution in [0.1, 0.15) is 24.6 Å². The minimum absolute atomic E-state index is 0.0623. The highest BCUT2D eigenvalue weighted by atomic mass is 35.5. The molecule has 0 saturated carbocycles. The van der Waals surface area contributed by atoms with Crippen LogP contribution >= 0.6 is 11.6 Å². The number of hydrogen-bond donors (Lipinski definition) is 1. The number of anilines is 1. The van der Waals surface area contributed by atoms with E-state index >= 15 is 0 Å². The van der Waals surface area contributed by atoms with Gasteiger partial charge < -0.3 is 0 Å². The third-order valence-electron chi connectivity index (χ3n) is 2.77. The van der Waals surface area contributed by atoms with Gasteiger partial charge >= 0.3 is 0 Å². The lowest BCUT2D eigenvalue weighted by Crippen LogP contribution is -2.25. The van der Waals surface area contributed by atoms with Crippen LogP contribution in [0.15, 0.2) is 0 Å². The summed E-state index contributed by atoms with van der Waals surface area (Å²) in [6.07, 6.45) is 1.31. The van der Waals surface area contributed by atoms with Gasteiger partial charge in [0.05, 0.1) is 5.38 Å². The van der Waals surface area contributed by atoms with Crippen molar-refractivity contribution in [1.82, 2.24) is 10.2 Å². The zero-order valence-corrected chi connectivity index (χ0v) is 9.64. The number of alkyl halides is 1. The summed E-state index contributed by atoms with van der Waals surface area (Å²) in [5, 5.41) is 7.04. The molecule has 1 fully saturated rings. The largest absolute Gasteiger partial charge is 0.294 e. The highest BCUT2D eigenvalue weighted by Gasteiger charge is 2.31. The zero-order valence-electron chi connectivity index (χ0n) is 8.88. The lowest BCUT2D eigenvalue weighted by molar-refractivity contribution is -0.117. The fourth-order valence-electron chi connectivity index (χ4n) is 1.90. The Balaban J connectivity index is 2.30. The van der Waals surface area contributed by atoms with Crippen molar-refractivity contribution in [2.45, 2.75) is 32.1 Å². The number of aromatic nitrogens is 2. The van der Waals surface area contributed by atoms with Crippen molar-refractivity contribution in [2.75, 3.05) is 11.4 Å². The van der Waals surface area contributed by atoms with E-state index in [0.29, 0.717) is 13.0 Å². The van der Waals surface area contributed by atoms with E-state index in [1.807, 2.05) is 6.92 Å². The van der Waals surface area contributed by atoms with Crippen molar-refractivity contribution in [2.24, 2.45) is 0 Å². The summed E-state index contributed by atoms with van der Waals surface area (Å²) in [7, 11) is 0. The maximum Gasteiger partial charge on any atom is 0.229 e. The van der Waals surface area contributed by atoms with Gasteiger partial charge in [-0.15, -0.1) is 11.6 Å². The normalized spacial score (nSPS) is 21.4. The molecule has 0 radical (unpaired) electrons. The van der Waals surface area contributed by atoms with Crippen LogP contribution < -0.4 is 4.90 Å². The van der Waals surface area contributed by atoms with Gasteiger partial charge in [0, 0.05) is 24.2 Å². The lowest BCUT2D eigenvalue weighted by atomic mass is 10.2. The molecule has 1 N–H and O–H groups in total. The van der Waals surface area contributed by atoms with E-state index in [0.717, 1.165) is 23.5 Å². The molecule has 4 nitrogen and oxygen atoms in total. The fourth-order valence-corrected chi connectivity index (χ4v) is 2.17. The van der Waals surface area contributed by atoms with Gasteiger partial charge in [0.1, 0.15) is 0 Å². The Morgan fingerprint density at radius 1 is 1.67 bits per heavy atom. The molecule has 2 rings (SSSR count). The van der Waals surface area contributed by atoms with Crippen LogP contribution in [0.25, 0.3) is 0 Å². The van der Waals surface area contributed by atoms with Gasteiger partial charge in [0.2, 0.25) is 5.91 Å². The maximum absolute atomic E-state index is 11.6. The van der Waals surface area contributed by atoms with Gasteiger partial charge in [-0.3, -0.25) is 14.8 Å². The van der Waals surface area contributed by atoms with E-state index in [1.54, 1.807) is 4.90 Å². The molecule has 0 bridgehead atoms. The van der Waals surface area contributed by atoms with E-state index in [-0.39, 0.29) is 11.3 Å². The molecule has 15 heavy (non-hydrogen) atoms. The number of hydrogen-bond acceptors (Lipinski definition) is 2. The summed E-state index contributed by atoms with van der Waals surface area (Å²) in [5.74, 6) is 0.798. The standard InChI is InChI=1S/C10H14ClN3O/c1-3-8-6(2)10(13-12-8)14-5-7(11)4-9(14)15/h7H,3-5H2,1-2H3,(H,12,13). The second-order valence-corrected chi connectivity index (χ2v) is 4.43. The number of rotatable bonds is 2. The van der Waals surface area contributed by atoms with E-state index in [9.17, 15) is 4.79 Å². The quantitative estimate of drug-likeness (QED) is 0.781. The molecule has 1 aromatic rings. The minimum atomic E-state index is -0.0846. The SMILES string of the molecule is CCc1[nH]nc(N2CC(Cl)CC2=O)c1C. The number of nitrogens with zero attached hydrogens (tertiary/aromatic N) is 2. The molecule has 1 unspecified atom stereocenters. The van der Waals surface area contributed by atoms with Crippen LogP contribution in [0.3, 0.4) is 0 Å². The average Bonchev–Trinajstić information content (AvgIpc) is 2.69. The van der Waals surface area contributed by atoms with Crippen LogP contribution in [-0.4, -0.2) is 28.0 Å². The van der Waals surface area contributed by atoms with Crippen LogP contribution in [-0.2, 0) is 11.2 Å². The summed E-state index contributed by atoms with van der Waals surface area (Å²) < 4.78 is 0. The monoisotopic (exact) mass is 227 g/mol. The van der Waals surface area contributed by atoms with Crippen molar-refractivity contribution >= 4 is 23.3 Å². The molecule has 1 aliphatic heterocycles. The Hall–Kier alpha value is -1.03. The van der Waals surface area contributed by atoms with E-state index < -0.39 is 0 Å². The first-order valence-electron chi connectivity index (χ1n) is 5.11. The Morgan fingerprint density at radius 3 is 2.87 bits per heavy atom. The number of nitrogens with one attached hydrogen (secondary N) is 1. The van der Waals surface area contributed by atoms with E-state index in [1.165, 1.54) is 0 Å².